The van der Waals surface area contributed by atoms with Crippen molar-refractivity contribution in [2.45, 2.75) is 38.1 Å². The molecule has 21 heavy (non-hydrogen) atoms. The highest BCUT2D eigenvalue weighted by Crippen LogP contribution is 2.12. The summed E-state index contributed by atoms with van der Waals surface area (Å²) in [5.41, 5.74) is 7.04. The minimum Gasteiger partial charge on any atom is -0.480 e. The molecule has 0 saturated carbocycles. The Bertz CT molecular complexity index is 462. The molecule has 0 heterocycles. The second kappa shape index (κ2) is 9.73. The highest BCUT2D eigenvalue weighted by Gasteiger charge is 2.11. The van der Waals surface area contributed by atoms with Crippen LogP contribution in [-0.4, -0.2) is 27.5 Å². The first kappa shape index (κ1) is 17.9. The summed E-state index contributed by atoms with van der Waals surface area (Å²) in [5.74, 6) is -1.00. The monoisotopic (exact) mass is 404 g/mol. The van der Waals surface area contributed by atoms with Gasteiger partial charge in [-0.25, -0.2) is 0 Å². The Morgan fingerprint density at radius 1 is 1.19 bits per heavy atom. The average Bonchev–Trinajstić information content (AvgIpc) is 2.45. The van der Waals surface area contributed by atoms with E-state index in [0.29, 0.717) is 6.42 Å². The molecule has 6 heteroatoms. The zero-order valence-corrected chi connectivity index (χ0v) is 14.0. The maximum atomic E-state index is 11.7. The van der Waals surface area contributed by atoms with Gasteiger partial charge in [-0.05, 0) is 41.4 Å². The number of hydrogen-bond donors (Lipinski definition) is 3. The van der Waals surface area contributed by atoms with Crippen molar-refractivity contribution in [3.8, 4) is 0 Å². The molecule has 1 amide bonds. The molecule has 5 nitrogen and oxygen atoms in total. The van der Waals surface area contributed by atoms with E-state index in [0.717, 1.165) is 34.9 Å². The molecule has 4 N–H and O–H groups in total. The molecule has 1 aromatic carbocycles. The third kappa shape index (κ3) is 7.42. The van der Waals surface area contributed by atoms with E-state index in [1.165, 1.54) is 0 Å². The van der Waals surface area contributed by atoms with Gasteiger partial charge in [0.15, 0.2) is 0 Å². The molecule has 0 fully saturated rings. The lowest BCUT2D eigenvalue weighted by atomic mass is 10.1. The van der Waals surface area contributed by atoms with Gasteiger partial charge in [-0.2, -0.15) is 0 Å². The largest absolute Gasteiger partial charge is 0.480 e. The highest BCUT2D eigenvalue weighted by molar-refractivity contribution is 14.1. The van der Waals surface area contributed by atoms with Gasteiger partial charge in [0.25, 0.3) is 0 Å². The molecule has 0 saturated heterocycles. The predicted octanol–water partition coefficient (Wildman–Crippen LogP) is 2.57. The Hall–Kier alpha value is -1.15. The Morgan fingerprint density at radius 3 is 2.43 bits per heavy atom. The van der Waals surface area contributed by atoms with Crippen molar-refractivity contribution in [2.24, 2.45) is 5.73 Å². The summed E-state index contributed by atoms with van der Waals surface area (Å²) in [7, 11) is 0. The molecule has 0 radical (unpaired) electrons. The molecule has 1 atom stereocenters. The molecule has 1 aromatic rings. The predicted molar refractivity (Wildman–Crippen MR) is 91.7 cm³/mol. The lowest BCUT2D eigenvalue weighted by Crippen LogP contribution is -2.32. The summed E-state index contributed by atoms with van der Waals surface area (Å²) in [5, 5.41) is 11.6. The van der Waals surface area contributed by atoms with Crippen molar-refractivity contribution in [2.75, 3.05) is 9.74 Å². The van der Waals surface area contributed by atoms with E-state index in [9.17, 15) is 9.59 Å². The number of aliphatic carboxylic acids is 1. The number of carboxylic acids is 1. The molecule has 0 aliphatic carbocycles. The van der Waals surface area contributed by atoms with Crippen LogP contribution in [0.4, 0.5) is 5.69 Å². The van der Waals surface area contributed by atoms with Crippen LogP contribution in [0.25, 0.3) is 0 Å². The molecule has 1 rings (SSSR count). The third-order valence-electron chi connectivity index (χ3n) is 3.05. The second-order valence-electron chi connectivity index (χ2n) is 4.89. The van der Waals surface area contributed by atoms with Crippen LogP contribution < -0.4 is 11.1 Å². The number of nitrogens with one attached hydrogen (secondary N) is 1. The topological polar surface area (TPSA) is 92.4 Å². The first-order valence-corrected chi connectivity index (χ1v) is 8.48. The number of amides is 1. The number of hydrogen-bond acceptors (Lipinski definition) is 3. The van der Waals surface area contributed by atoms with Crippen molar-refractivity contribution < 1.29 is 14.7 Å². The Labute approximate surface area is 138 Å². The molecule has 0 unspecified atom stereocenters. The van der Waals surface area contributed by atoms with Crippen molar-refractivity contribution in [3.05, 3.63) is 29.8 Å². The van der Waals surface area contributed by atoms with Gasteiger partial charge in [0.2, 0.25) is 5.91 Å². The van der Waals surface area contributed by atoms with Gasteiger partial charge >= 0.3 is 5.97 Å². The summed E-state index contributed by atoms with van der Waals surface area (Å²) < 4.78 is 1.12. The molecular formula is C15H21IN2O3. The fourth-order valence-electron chi connectivity index (χ4n) is 1.85. The van der Waals surface area contributed by atoms with E-state index in [1.54, 1.807) is 24.3 Å². The second-order valence-corrected chi connectivity index (χ2v) is 5.97. The van der Waals surface area contributed by atoms with Crippen LogP contribution >= 0.6 is 22.6 Å². The first-order valence-electron chi connectivity index (χ1n) is 6.96. The standard InChI is InChI=1S/C15H21IN2O3/c16-9-3-1-2-4-14(19)18-12-7-5-11(6-8-12)10-13(17)15(20)21/h5-8,13H,1-4,9-10,17H2,(H,18,19)(H,20,21)/t13-/m0/s1. The zero-order chi connectivity index (χ0) is 15.7. The van der Waals surface area contributed by atoms with Crippen LogP contribution in [0.5, 0.6) is 0 Å². The number of anilines is 1. The molecule has 0 aliphatic heterocycles. The van der Waals surface area contributed by atoms with Crippen LogP contribution in [-0.2, 0) is 16.0 Å². The van der Waals surface area contributed by atoms with E-state index in [-0.39, 0.29) is 12.3 Å². The summed E-state index contributed by atoms with van der Waals surface area (Å²) in [6, 6.07) is 6.21. The van der Waals surface area contributed by atoms with Crippen molar-refractivity contribution >= 4 is 40.2 Å². The molecule has 0 aliphatic rings. The van der Waals surface area contributed by atoms with E-state index < -0.39 is 12.0 Å². The molecule has 116 valence electrons. The van der Waals surface area contributed by atoms with Crippen molar-refractivity contribution in [1.82, 2.24) is 0 Å². The number of nitrogens with two attached hydrogens (primary N) is 1. The number of rotatable bonds is 9. The van der Waals surface area contributed by atoms with E-state index in [1.807, 2.05) is 0 Å². The van der Waals surface area contributed by atoms with Crippen LogP contribution in [0.15, 0.2) is 24.3 Å². The lowest BCUT2D eigenvalue weighted by molar-refractivity contribution is -0.138. The minimum absolute atomic E-state index is 0.0124. The van der Waals surface area contributed by atoms with Crippen LogP contribution in [0, 0.1) is 0 Å². The van der Waals surface area contributed by atoms with Crippen molar-refractivity contribution in [1.29, 1.82) is 0 Å². The van der Waals surface area contributed by atoms with E-state index >= 15 is 0 Å². The zero-order valence-electron chi connectivity index (χ0n) is 11.8. The Morgan fingerprint density at radius 2 is 1.86 bits per heavy atom. The Balaban J connectivity index is 2.40. The average molecular weight is 404 g/mol. The number of carbonyl (C=O) groups excluding carboxylic acids is 1. The fourth-order valence-corrected chi connectivity index (χ4v) is 2.39. The van der Waals surface area contributed by atoms with Gasteiger partial charge in [-0.15, -0.1) is 0 Å². The normalized spacial score (nSPS) is 11.9. The number of unbranched alkanes of at least 4 members (excludes halogenated alkanes) is 2. The summed E-state index contributed by atoms with van der Waals surface area (Å²) in [6.07, 6.45) is 3.93. The third-order valence-corrected chi connectivity index (χ3v) is 3.81. The van der Waals surface area contributed by atoms with E-state index in [2.05, 4.69) is 27.9 Å². The van der Waals surface area contributed by atoms with Crippen LogP contribution in [0.3, 0.4) is 0 Å². The van der Waals surface area contributed by atoms with Gasteiger partial charge < -0.3 is 16.2 Å². The lowest BCUT2D eigenvalue weighted by Gasteiger charge is -2.08. The van der Waals surface area contributed by atoms with Gasteiger partial charge in [0, 0.05) is 12.1 Å². The molecule has 0 aromatic heterocycles. The molecule has 0 spiro atoms. The fraction of sp³-hybridized carbons (Fsp3) is 0.467. The van der Waals surface area contributed by atoms with Gasteiger partial charge in [0.1, 0.15) is 6.04 Å². The number of benzene rings is 1. The smallest absolute Gasteiger partial charge is 0.320 e. The minimum atomic E-state index is -1.01. The van der Waals surface area contributed by atoms with Crippen LogP contribution in [0.2, 0.25) is 0 Å². The SMILES string of the molecule is N[C@@H](Cc1ccc(NC(=O)CCCCCI)cc1)C(=O)O. The number of alkyl halides is 1. The summed E-state index contributed by atoms with van der Waals surface area (Å²) in [4.78, 5) is 22.4. The van der Waals surface area contributed by atoms with E-state index in [4.69, 9.17) is 10.8 Å². The Kier molecular flexibility index (Phi) is 8.29. The molecular weight excluding hydrogens is 383 g/mol. The summed E-state index contributed by atoms with van der Waals surface area (Å²) >= 11 is 2.33. The number of halogens is 1. The number of carbonyl (C=O) groups is 2. The van der Waals surface area contributed by atoms with Gasteiger partial charge in [-0.1, -0.05) is 41.1 Å². The van der Waals surface area contributed by atoms with Crippen molar-refractivity contribution in [3.63, 3.8) is 0 Å². The first-order chi connectivity index (χ1) is 10.0. The van der Waals surface area contributed by atoms with Gasteiger partial charge in [0.05, 0.1) is 0 Å². The molecule has 0 bridgehead atoms. The number of carboxylic acid groups (broad SMARTS) is 1. The summed E-state index contributed by atoms with van der Waals surface area (Å²) in [6.45, 7) is 0. The maximum Gasteiger partial charge on any atom is 0.320 e. The quantitative estimate of drug-likeness (QED) is 0.335. The maximum absolute atomic E-state index is 11.7. The van der Waals surface area contributed by atoms with Crippen LogP contribution in [0.1, 0.15) is 31.2 Å². The van der Waals surface area contributed by atoms with Gasteiger partial charge in [-0.3, -0.25) is 9.59 Å². The highest BCUT2D eigenvalue weighted by atomic mass is 127.